The molecule has 7 aromatic rings. The van der Waals surface area contributed by atoms with Gasteiger partial charge in [-0.2, -0.15) is 0 Å². The highest BCUT2D eigenvalue weighted by atomic mass is 14.3. The predicted octanol–water partition coefficient (Wildman–Crippen LogP) is 10.3. The van der Waals surface area contributed by atoms with Crippen LogP contribution in [0.3, 0.4) is 0 Å². The highest BCUT2D eigenvalue weighted by Gasteiger charge is 2.24. The van der Waals surface area contributed by atoms with Gasteiger partial charge >= 0.3 is 0 Å². The molecule has 0 heterocycles. The van der Waals surface area contributed by atoms with Crippen LogP contribution in [0.25, 0.3) is 54.6 Å². The molecule has 0 saturated heterocycles. The Morgan fingerprint density at radius 1 is 0.333 bits per heavy atom. The van der Waals surface area contributed by atoms with Gasteiger partial charge in [-0.3, -0.25) is 0 Å². The molecule has 0 unspecified atom stereocenters. The first-order chi connectivity index (χ1) is 19.3. The van der Waals surface area contributed by atoms with Crippen LogP contribution in [-0.4, -0.2) is 0 Å². The molecule has 39 heavy (non-hydrogen) atoms. The lowest BCUT2D eigenvalue weighted by Crippen LogP contribution is -1.90. The summed E-state index contributed by atoms with van der Waals surface area (Å²) in [5.41, 5.74) is 10.6. The zero-order valence-corrected chi connectivity index (χ0v) is 21.6. The van der Waals surface area contributed by atoms with E-state index in [-0.39, 0.29) is 0 Å². The van der Waals surface area contributed by atoms with Gasteiger partial charge in [-0.1, -0.05) is 133 Å². The van der Waals surface area contributed by atoms with E-state index in [9.17, 15) is 0 Å². The fraction of sp³-hybridized carbons (Fsp3) is 0.0256. The molecule has 0 nitrogen and oxygen atoms in total. The molecule has 0 bridgehead atoms. The summed E-state index contributed by atoms with van der Waals surface area (Å²) in [6.07, 6.45) is 0.957. The number of rotatable bonds is 3. The van der Waals surface area contributed by atoms with Crippen LogP contribution in [0.1, 0.15) is 22.3 Å². The first-order valence-corrected chi connectivity index (χ1v) is 13.7. The summed E-state index contributed by atoms with van der Waals surface area (Å²) in [6, 6.07) is 53.4. The maximum absolute atomic E-state index is 2.41. The molecule has 1 aliphatic carbocycles. The standard InChI is InChI=1S/C39H26/c1-3-11-26(12-4-1)36-25-30-20-19-28(23-37(30)39(36)27-13-5-2-6-14-27)29-21-22-35-33-17-8-7-15-31(33)32-16-9-10-18-34(32)38(35)24-29/h1-24H,25H2. The average Bonchev–Trinajstić information content (AvgIpc) is 3.41. The predicted molar refractivity (Wildman–Crippen MR) is 167 cm³/mol. The van der Waals surface area contributed by atoms with Crippen LogP contribution in [0.2, 0.25) is 0 Å². The highest BCUT2D eigenvalue weighted by molar-refractivity contribution is 6.25. The van der Waals surface area contributed by atoms with E-state index in [0.29, 0.717) is 0 Å². The van der Waals surface area contributed by atoms with E-state index in [1.807, 2.05) is 0 Å². The number of hydrogen-bond donors (Lipinski definition) is 0. The quantitative estimate of drug-likeness (QED) is 0.214. The third-order valence-electron chi connectivity index (χ3n) is 8.31. The fourth-order valence-corrected chi connectivity index (χ4v) is 6.49. The summed E-state index contributed by atoms with van der Waals surface area (Å²) >= 11 is 0. The average molecular weight is 495 g/mol. The number of allylic oxidation sites excluding steroid dienone is 1. The van der Waals surface area contributed by atoms with Crippen molar-refractivity contribution in [2.75, 3.05) is 0 Å². The van der Waals surface area contributed by atoms with Crippen LogP contribution in [0.5, 0.6) is 0 Å². The lowest BCUT2D eigenvalue weighted by atomic mass is 9.90. The summed E-state index contributed by atoms with van der Waals surface area (Å²) in [4.78, 5) is 0. The van der Waals surface area contributed by atoms with Crippen LogP contribution in [0, 0.1) is 0 Å². The number of hydrogen-bond acceptors (Lipinski definition) is 0. The minimum absolute atomic E-state index is 0.957. The van der Waals surface area contributed by atoms with E-state index in [0.717, 1.165) is 6.42 Å². The Morgan fingerprint density at radius 3 is 1.46 bits per heavy atom. The largest absolute Gasteiger partial charge is 0.0622 e. The van der Waals surface area contributed by atoms with Crippen LogP contribution in [-0.2, 0) is 6.42 Å². The molecule has 1 aliphatic rings. The SMILES string of the molecule is c1ccc(C2=C(c3ccccc3)c3cc(-c4ccc5c6ccccc6c6ccccc6c5c4)ccc3C2)cc1. The second-order valence-corrected chi connectivity index (χ2v) is 10.5. The van der Waals surface area contributed by atoms with Crippen molar-refractivity contribution in [2.45, 2.75) is 6.42 Å². The van der Waals surface area contributed by atoms with Gasteiger partial charge < -0.3 is 0 Å². The van der Waals surface area contributed by atoms with Gasteiger partial charge in [0, 0.05) is 0 Å². The smallest absolute Gasteiger partial charge is 0.000727 e. The van der Waals surface area contributed by atoms with Crippen LogP contribution in [0.15, 0.2) is 146 Å². The lowest BCUT2D eigenvalue weighted by Gasteiger charge is -2.13. The van der Waals surface area contributed by atoms with Gasteiger partial charge in [0.15, 0.2) is 0 Å². The fourth-order valence-electron chi connectivity index (χ4n) is 6.49. The summed E-state index contributed by atoms with van der Waals surface area (Å²) in [6.45, 7) is 0. The van der Waals surface area contributed by atoms with Crippen molar-refractivity contribution in [1.29, 1.82) is 0 Å². The molecule has 0 radical (unpaired) electrons. The van der Waals surface area contributed by atoms with Crippen LogP contribution in [0.4, 0.5) is 0 Å². The molecule has 0 aliphatic heterocycles. The zero-order valence-electron chi connectivity index (χ0n) is 21.6. The third-order valence-corrected chi connectivity index (χ3v) is 8.31. The van der Waals surface area contributed by atoms with Crippen molar-refractivity contribution in [3.63, 3.8) is 0 Å². The van der Waals surface area contributed by atoms with Crippen molar-refractivity contribution in [3.05, 3.63) is 168 Å². The molecule has 0 saturated carbocycles. The summed E-state index contributed by atoms with van der Waals surface area (Å²) < 4.78 is 0. The zero-order chi connectivity index (χ0) is 25.8. The summed E-state index contributed by atoms with van der Waals surface area (Å²) in [5, 5.41) is 7.88. The molecular weight excluding hydrogens is 468 g/mol. The maximum Gasteiger partial charge on any atom is -0.000727 e. The molecule has 0 spiro atoms. The molecule has 0 aromatic heterocycles. The topological polar surface area (TPSA) is 0 Å². The number of benzene rings is 7. The molecule has 0 N–H and O–H groups in total. The monoisotopic (exact) mass is 494 g/mol. The Morgan fingerprint density at radius 2 is 0.821 bits per heavy atom. The van der Waals surface area contributed by atoms with Gasteiger partial charge in [-0.25, -0.2) is 0 Å². The van der Waals surface area contributed by atoms with Gasteiger partial charge in [-0.15, -0.1) is 0 Å². The van der Waals surface area contributed by atoms with Crippen molar-refractivity contribution >= 4 is 43.5 Å². The normalized spacial score (nSPS) is 12.9. The van der Waals surface area contributed by atoms with E-state index < -0.39 is 0 Å². The minimum Gasteiger partial charge on any atom is -0.0622 e. The van der Waals surface area contributed by atoms with E-state index in [2.05, 4.69) is 146 Å². The second kappa shape index (κ2) is 8.82. The van der Waals surface area contributed by atoms with Gasteiger partial charge in [0.2, 0.25) is 0 Å². The Bertz CT molecular complexity index is 2030. The molecule has 8 rings (SSSR count). The molecule has 0 fully saturated rings. The van der Waals surface area contributed by atoms with E-state index in [1.165, 1.54) is 76.8 Å². The second-order valence-electron chi connectivity index (χ2n) is 10.5. The third kappa shape index (κ3) is 3.53. The Labute approximate surface area is 228 Å². The highest BCUT2D eigenvalue weighted by Crippen LogP contribution is 2.44. The van der Waals surface area contributed by atoms with Crippen LogP contribution < -0.4 is 0 Å². The maximum atomic E-state index is 2.41. The van der Waals surface area contributed by atoms with E-state index >= 15 is 0 Å². The molecule has 0 heteroatoms. The van der Waals surface area contributed by atoms with Crippen molar-refractivity contribution in [1.82, 2.24) is 0 Å². The molecule has 182 valence electrons. The first-order valence-electron chi connectivity index (χ1n) is 13.7. The molecular formula is C39H26. The Balaban J connectivity index is 1.35. The van der Waals surface area contributed by atoms with Gasteiger partial charge in [0.1, 0.15) is 0 Å². The van der Waals surface area contributed by atoms with Crippen molar-refractivity contribution < 1.29 is 0 Å². The lowest BCUT2D eigenvalue weighted by molar-refractivity contribution is 1.32. The van der Waals surface area contributed by atoms with Gasteiger partial charge in [0.25, 0.3) is 0 Å². The van der Waals surface area contributed by atoms with E-state index in [4.69, 9.17) is 0 Å². The number of fused-ring (bicyclic) bond motifs is 7. The van der Waals surface area contributed by atoms with Gasteiger partial charge in [0.05, 0.1) is 0 Å². The summed E-state index contributed by atoms with van der Waals surface area (Å²) in [5.74, 6) is 0. The first kappa shape index (κ1) is 22.1. The Hall–Kier alpha value is -4.94. The summed E-state index contributed by atoms with van der Waals surface area (Å²) in [7, 11) is 0. The van der Waals surface area contributed by atoms with Crippen molar-refractivity contribution in [3.8, 4) is 11.1 Å². The van der Waals surface area contributed by atoms with Crippen molar-refractivity contribution in [2.24, 2.45) is 0 Å². The van der Waals surface area contributed by atoms with Crippen LogP contribution >= 0.6 is 0 Å². The Kier molecular flexibility index (Phi) is 5.00. The van der Waals surface area contributed by atoms with Gasteiger partial charge in [-0.05, 0) is 95.4 Å². The van der Waals surface area contributed by atoms with E-state index in [1.54, 1.807) is 0 Å². The molecule has 0 amide bonds. The minimum atomic E-state index is 0.957. The molecule has 0 atom stereocenters. The molecule has 7 aromatic carbocycles.